The van der Waals surface area contributed by atoms with Gasteiger partial charge in [-0.1, -0.05) is 6.92 Å². The van der Waals surface area contributed by atoms with Crippen molar-refractivity contribution in [1.29, 1.82) is 0 Å². The molecule has 2 heterocycles. The van der Waals surface area contributed by atoms with Crippen LogP contribution in [0.5, 0.6) is 0 Å². The molecule has 2 saturated heterocycles. The summed E-state index contributed by atoms with van der Waals surface area (Å²) >= 11 is 0. The van der Waals surface area contributed by atoms with Gasteiger partial charge in [-0.2, -0.15) is 0 Å². The standard InChI is InChI=1S/C17H33N3O/c1-5-17(21)20-11-10-18(12-15(20)4)13-16-6-8-19(9-7-16)14(2)3/h14-16H,5-13H2,1-4H3. The summed E-state index contributed by atoms with van der Waals surface area (Å²) in [5.74, 6) is 1.16. The van der Waals surface area contributed by atoms with Crippen molar-refractivity contribution in [3.05, 3.63) is 0 Å². The van der Waals surface area contributed by atoms with Gasteiger partial charge in [0.1, 0.15) is 0 Å². The molecule has 0 aromatic carbocycles. The second-order valence-electron chi connectivity index (χ2n) is 7.12. The highest BCUT2D eigenvalue weighted by atomic mass is 16.2. The van der Waals surface area contributed by atoms with Crippen molar-refractivity contribution in [2.24, 2.45) is 5.92 Å². The highest BCUT2D eigenvalue weighted by molar-refractivity contribution is 5.76. The van der Waals surface area contributed by atoms with E-state index in [0.29, 0.717) is 24.4 Å². The first-order valence-electron chi connectivity index (χ1n) is 8.77. The number of hydrogen-bond acceptors (Lipinski definition) is 3. The number of rotatable bonds is 4. The molecule has 0 spiro atoms. The Hall–Kier alpha value is -0.610. The summed E-state index contributed by atoms with van der Waals surface area (Å²) in [6, 6.07) is 1.07. The minimum Gasteiger partial charge on any atom is -0.337 e. The zero-order valence-corrected chi connectivity index (χ0v) is 14.3. The number of carbonyl (C=O) groups is 1. The number of piperazine rings is 1. The SMILES string of the molecule is CCC(=O)N1CCN(CC2CCN(C(C)C)CC2)CC1C. The number of piperidine rings is 1. The number of carbonyl (C=O) groups excluding carboxylic acids is 1. The minimum absolute atomic E-state index is 0.312. The van der Waals surface area contributed by atoms with E-state index in [0.717, 1.165) is 25.6 Å². The van der Waals surface area contributed by atoms with Gasteiger partial charge in [0.05, 0.1) is 0 Å². The first kappa shape index (κ1) is 16.8. The van der Waals surface area contributed by atoms with Gasteiger partial charge in [0.2, 0.25) is 5.91 Å². The van der Waals surface area contributed by atoms with Crippen molar-refractivity contribution in [1.82, 2.24) is 14.7 Å². The van der Waals surface area contributed by atoms with Crippen LogP contribution in [0.1, 0.15) is 47.0 Å². The Labute approximate surface area is 130 Å². The van der Waals surface area contributed by atoms with Crippen molar-refractivity contribution in [3.8, 4) is 0 Å². The van der Waals surface area contributed by atoms with Gasteiger partial charge < -0.3 is 9.80 Å². The van der Waals surface area contributed by atoms with Gasteiger partial charge >= 0.3 is 0 Å². The Morgan fingerprint density at radius 1 is 1.14 bits per heavy atom. The zero-order chi connectivity index (χ0) is 15.4. The van der Waals surface area contributed by atoms with Crippen LogP contribution in [-0.4, -0.2) is 72.0 Å². The molecular weight excluding hydrogens is 262 g/mol. The molecule has 4 nitrogen and oxygen atoms in total. The molecule has 0 aliphatic carbocycles. The van der Waals surface area contributed by atoms with Gasteiger partial charge in [-0.05, 0) is 52.6 Å². The highest BCUT2D eigenvalue weighted by Crippen LogP contribution is 2.21. The van der Waals surface area contributed by atoms with Crippen LogP contribution in [0.25, 0.3) is 0 Å². The predicted octanol–water partition coefficient (Wildman–Crippen LogP) is 2.05. The van der Waals surface area contributed by atoms with E-state index in [1.165, 1.54) is 32.5 Å². The van der Waals surface area contributed by atoms with Gasteiger partial charge in [-0.3, -0.25) is 9.69 Å². The number of hydrogen-bond donors (Lipinski definition) is 0. The molecule has 0 aromatic heterocycles. The molecule has 0 bridgehead atoms. The Bertz CT molecular complexity index is 337. The topological polar surface area (TPSA) is 26.8 Å². The van der Waals surface area contributed by atoms with Crippen LogP contribution in [0.4, 0.5) is 0 Å². The lowest BCUT2D eigenvalue weighted by atomic mass is 9.95. The number of amides is 1. The predicted molar refractivity (Wildman–Crippen MR) is 87.3 cm³/mol. The first-order valence-corrected chi connectivity index (χ1v) is 8.77. The van der Waals surface area contributed by atoms with Crippen LogP contribution in [0.2, 0.25) is 0 Å². The molecule has 0 radical (unpaired) electrons. The number of likely N-dealkylation sites (tertiary alicyclic amines) is 1. The molecule has 2 aliphatic heterocycles. The average molecular weight is 295 g/mol. The minimum atomic E-state index is 0.312. The van der Waals surface area contributed by atoms with Gasteiger partial charge in [0, 0.05) is 44.7 Å². The molecule has 21 heavy (non-hydrogen) atoms. The van der Waals surface area contributed by atoms with Crippen molar-refractivity contribution < 1.29 is 4.79 Å². The summed E-state index contributed by atoms with van der Waals surface area (Å²) in [4.78, 5) is 19.1. The summed E-state index contributed by atoms with van der Waals surface area (Å²) in [5.41, 5.74) is 0. The zero-order valence-electron chi connectivity index (χ0n) is 14.3. The maximum atomic E-state index is 11.9. The fourth-order valence-electron chi connectivity index (χ4n) is 3.79. The smallest absolute Gasteiger partial charge is 0.222 e. The van der Waals surface area contributed by atoms with Crippen LogP contribution in [0.15, 0.2) is 0 Å². The monoisotopic (exact) mass is 295 g/mol. The van der Waals surface area contributed by atoms with Crippen molar-refractivity contribution in [2.45, 2.75) is 59.0 Å². The molecule has 1 unspecified atom stereocenters. The van der Waals surface area contributed by atoms with Crippen LogP contribution in [-0.2, 0) is 4.79 Å². The molecule has 4 heteroatoms. The van der Waals surface area contributed by atoms with Gasteiger partial charge in [-0.15, -0.1) is 0 Å². The van der Waals surface area contributed by atoms with E-state index in [-0.39, 0.29) is 0 Å². The van der Waals surface area contributed by atoms with Crippen molar-refractivity contribution >= 4 is 5.91 Å². The molecule has 1 atom stereocenters. The molecule has 2 rings (SSSR count). The van der Waals surface area contributed by atoms with E-state index in [9.17, 15) is 4.79 Å². The van der Waals surface area contributed by atoms with Crippen LogP contribution < -0.4 is 0 Å². The summed E-state index contributed by atoms with van der Waals surface area (Å²) < 4.78 is 0. The second kappa shape index (κ2) is 7.59. The molecular formula is C17H33N3O. The third-order valence-electron chi connectivity index (χ3n) is 5.23. The van der Waals surface area contributed by atoms with E-state index < -0.39 is 0 Å². The van der Waals surface area contributed by atoms with Gasteiger partial charge in [0.25, 0.3) is 0 Å². The Morgan fingerprint density at radius 3 is 2.33 bits per heavy atom. The highest BCUT2D eigenvalue weighted by Gasteiger charge is 2.29. The van der Waals surface area contributed by atoms with E-state index in [1.54, 1.807) is 0 Å². The van der Waals surface area contributed by atoms with Gasteiger partial charge in [-0.25, -0.2) is 0 Å². The van der Waals surface area contributed by atoms with E-state index in [4.69, 9.17) is 0 Å². The van der Waals surface area contributed by atoms with Crippen LogP contribution >= 0.6 is 0 Å². The second-order valence-corrected chi connectivity index (χ2v) is 7.12. The van der Waals surface area contributed by atoms with E-state index in [2.05, 4.69) is 35.5 Å². The summed E-state index contributed by atoms with van der Waals surface area (Å²) in [6.45, 7) is 15.5. The Balaban J connectivity index is 1.75. The van der Waals surface area contributed by atoms with E-state index in [1.807, 2.05) is 6.92 Å². The molecule has 0 saturated carbocycles. The molecule has 1 amide bonds. The Morgan fingerprint density at radius 2 is 1.81 bits per heavy atom. The van der Waals surface area contributed by atoms with E-state index >= 15 is 0 Å². The summed E-state index contributed by atoms with van der Waals surface area (Å²) in [5, 5.41) is 0. The molecule has 2 aliphatic rings. The lowest BCUT2D eigenvalue weighted by Gasteiger charge is -2.42. The quantitative estimate of drug-likeness (QED) is 0.794. The number of nitrogens with zero attached hydrogens (tertiary/aromatic N) is 3. The molecule has 122 valence electrons. The Kier molecular flexibility index (Phi) is 6.06. The van der Waals surface area contributed by atoms with Crippen molar-refractivity contribution in [3.63, 3.8) is 0 Å². The lowest BCUT2D eigenvalue weighted by molar-refractivity contribution is -0.135. The van der Waals surface area contributed by atoms with Crippen LogP contribution in [0.3, 0.4) is 0 Å². The maximum absolute atomic E-state index is 11.9. The van der Waals surface area contributed by atoms with Crippen molar-refractivity contribution in [2.75, 3.05) is 39.3 Å². The molecule has 2 fully saturated rings. The normalized spacial score (nSPS) is 26.5. The summed E-state index contributed by atoms with van der Waals surface area (Å²) in [7, 11) is 0. The summed E-state index contributed by atoms with van der Waals surface area (Å²) in [6.07, 6.45) is 3.30. The molecule has 0 aromatic rings. The third-order valence-corrected chi connectivity index (χ3v) is 5.23. The first-order chi connectivity index (χ1) is 10.0. The lowest BCUT2D eigenvalue weighted by Crippen LogP contribution is -2.55. The fraction of sp³-hybridized carbons (Fsp3) is 0.941. The maximum Gasteiger partial charge on any atom is 0.222 e. The average Bonchev–Trinajstić information content (AvgIpc) is 2.47. The third kappa shape index (κ3) is 4.43. The molecule has 0 N–H and O–H groups in total. The fourth-order valence-corrected chi connectivity index (χ4v) is 3.79. The van der Waals surface area contributed by atoms with Gasteiger partial charge in [0.15, 0.2) is 0 Å². The van der Waals surface area contributed by atoms with Crippen LogP contribution in [0, 0.1) is 5.92 Å². The largest absolute Gasteiger partial charge is 0.337 e.